The van der Waals surface area contributed by atoms with Gasteiger partial charge in [0.05, 0.1) is 6.61 Å². The van der Waals surface area contributed by atoms with Gasteiger partial charge in [0.15, 0.2) is 0 Å². The van der Waals surface area contributed by atoms with E-state index in [1.54, 1.807) is 4.90 Å². The zero-order chi connectivity index (χ0) is 19.0. The second-order valence-electron chi connectivity index (χ2n) is 7.50. The lowest BCUT2D eigenvalue weighted by Gasteiger charge is -2.36. The average molecular weight is 350 g/mol. The summed E-state index contributed by atoms with van der Waals surface area (Å²) >= 11 is 0. The Bertz CT molecular complexity index is 511. The Morgan fingerprint density at radius 2 is 1.72 bits per heavy atom. The van der Waals surface area contributed by atoms with Crippen molar-refractivity contribution < 1.29 is 14.6 Å². The monoisotopic (exact) mass is 349 g/mol. The number of hydrogen-bond acceptors (Lipinski definition) is 3. The van der Waals surface area contributed by atoms with Crippen molar-refractivity contribution in [2.24, 2.45) is 5.92 Å². The van der Waals surface area contributed by atoms with Gasteiger partial charge in [0, 0.05) is 19.0 Å². The van der Waals surface area contributed by atoms with Gasteiger partial charge in [0.25, 0.3) is 0 Å². The minimum absolute atomic E-state index is 0.149. The molecule has 0 bridgehead atoms. The molecule has 1 heterocycles. The molecular formula is C21H35NO3. The number of aliphatic hydroxyl groups excluding tert-OH is 1. The first kappa shape index (κ1) is 21.5. The number of nitrogens with zero attached hydrogens (tertiary/aromatic N) is 1. The van der Waals surface area contributed by atoms with E-state index in [0.29, 0.717) is 19.0 Å². The summed E-state index contributed by atoms with van der Waals surface area (Å²) in [5, 5.41) is 9.82. The van der Waals surface area contributed by atoms with Crippen LogP contribution in [0.5, 0.6) is 0 Å². The van der Waals surface area contributed by atoms with E-state index in [1.165, 1.54) is 11.1 Å². The number of carbonyl (C=O) groups is 1. The second-order valence-corrected chi connectivity index (χ2v) is 7.50. The normalized spacial score (nSPS) is 16.7. The van der Waals surface area contributed by atoms with Crippen LogP contribution in [-0.2, 0) is 4.74 Å². The molecular weight excluding hydrogens is 314 g/mol. The van der Waals surface area contributed by atoms with Gasteiger partial charge in [-0.25, -0.2) is 4.79 Å². The molecule has 0 spiro atoms. The van der Waals surface area contributed by atoms with Crippen molar-refractivity contribution in [2.75, 3.05) is 19.7 Å². The van der Waals surface area contributed by atoms with Crippen LogP contribution in [0.25, 0.3) is 0 Å². The molecule has 1 aliphatic rings. The average Bonchev–Trinajstić information content (AvgIpc) is 2.58. The fourth-order valence-electron chi connectivity index (χ4n) is 3.15. The van der Waals surface area contributed by atoms with Crippen LogP contribution in [0.15, 0.2) is 24.3 Å². The van der Waals surface area contributed by atoms with Crippen LogP contribution in [0, 0.1) is 12.8 Å². The number of piperidine rings is 1. The maximum atomic E-state index is 12.1. The van der Waals surface area contributed by atoms with Crippen molar-refractivity contribution in [2.45, 2.75) is 65.9 Å². The number of carbonyl (C=O) groups excluding carboxylic acids is 1. The minimum Gasteiger partial charge on any atom is -0.444 e. The zero-order valence-electron chi connectivity index (χ0n) is 16.7. The van der Waals surface area contributed by atoms with Crippen molar-refractivity contribution in [1.29, 1.82) is 0 Å². The highest BCUT2D eigenvalue weighted by atomic mass is 16.6. The van der Waals surface area contributed by atoms with Crippen molar-refractivity contribution in [3.63, 3.8) is 0 Å². The molecule has 1 aliphatic heterocycles. The highest BCUT2D eigenvalue weighted by molar-refractivity contribution is 5.68. The Morgan fingerprint density at radius 1 is 1.20 bits per heavy atom. The summed E-state index contributed by atoms with van der Waals surface area (Å²) in [6, 6.07) is 8.40. The van der Waals surface area contributed by atoms with E-state index in [0.717, 1.165) is 12.8 Å². The van der Waals surface area contributed by atoms with Crippen molar-refractivity contribution in [3.05, 3.63) is 35.4 Å². The van der Waals surface area contributed by atoms with Crippen molar-refractivity contribution >= 4 is 6.09 Å². The van der Waals surface area contributed by atoms with Gasteiger partial charge in [-0.15, -0.1) is 0 Å². The summed E-state index contributed by atoms with van der Waals surface area (Å²) in [6.45, 7) is 13.3. The van der Waals surface area contributed by atoms with E-state index in [9.17, 15) is 9.90 Å². The number of rotatable bonds is 3. The number of benzene rings is 1. The standard InChI is InChI=1S/C19H29NO3.C2H6/c1-14-5-7-15(8-6-14)17(13-21)16-9-11-20(12-10-16)18(22)23-19(2,3)4;1-2/h5-8,16-17,21H,9-13H2,1-4H3;1-2H3. The lowest BCUT2D eigenvalue weighted by Crippen LogP contribution is -2.42. The number of ether oxygens (including phenoxy) is 1. The van der Waals surface area contributed by atoms with Crippen molar-refractivity contribution in [1.82, 2.24) is 4.90 Å². The molecule has 1 saturated heterocycles. The Morgan fingerprint density at radius 3 is 2.16 bits per heavy atom. The number of aryl methyl sites for hydroxylation is 1. The summed E-state index contributed by atoms with van der Waals surface area (Å²) in [6.07, 6.45) is 1.57. The molecule has 1 aromatic carbocycles. The van der Waals surface area contributed by atoms with Crippen molar-refractivity contribution in [3.8, 4) is 0 Å². The van der Waals surface area contributed by atoms with Crippen LogP contribution in [0.3, 0.4) is 0 Å². The quantitative estimate of drug-likeness (QED) is 0.857. The summed E-state index contributed by atoms with van der Waals surface area (Å²) in [5.74, 6) is 0.553. The third kappa shape index (κ3) is 6.69. The highest BCUT2D eigenvalue weighted by Gasteiger charge is 2.31. The van der Waals surface area contributed by atoms with Crippen LogP contribution in [-0.4, -0.2) is 41.4 Å². The molecule has 1 aromatic rings. The van der Waals surface area contributed by atoms with E-state index in [4.69, 9.17) is 4.74 Å². The van der Waals surface area contributed by atoms with Crippen LogP contribution < -0.4 is 0 Å². The van der Waals surface area contributed by atoms with Gasteiger partial charge >= 0.3 is 6.09 Å². The number of hydrogen-bond donors (Lipinski definition) is 1. The maximum Gasteiger partial charge on any atom is 0.410 e. The van der Waals surface area contributed by atoms with Gasteiger partial charge in [-0.2, -0.15) is 0 Å². The Hall–Kier alpha value is -1.55. The van der Waals surface area contributed by atoms with Gasteiger partial charge in [-0.1, -0.05) is 43.7 Å². The maximum absolute atomic E-state index is 12.1. The van der Waals surface area contributed by atoms with E-state index in [2.05, 4.69) is 31.2 Å². The third-order valence-electron chi connectivity index (χ3n) is 4.46. The molecule has 25 heavy (non-hydrogen) atoms. The molecule has 1 amide bonds. The van der Waals surface area contributed by atoms with Crippen LogP contribution >= 0.6 is 0 Å². The van der Waals surface area contributed by atoms with E-state index < -0.39 is 5.60 Å². The third-order valence-corrected chi connectivity index (χ3v) is 4.46. The van der Waals surface area contributed by atoms with Crippen LogP contribution in [0.4, 0.5) is 4.79 Å². The number of amides is 1. The van der Waals surface area contributed by atoms with Gasteiger partial charge in [-0.3, -0.25) is 0 Å². The van der Waals surface area contributed by atoms with Crippen LogP contribution in [0.1, 0.15) is 64.5 Å². The van der Waals surface area contributed by atoms with Gasteiger partial charge < -0.3 is 14.7 Å². The summed E-state index contributed by atoms with van der Waals surface area (Å²) in [7, 11) is 0. The molecule has 2 rings (SSSR count). The number of aliphatic hydroxyl groups is 1. The summed E-state index contributed by atoms with van der Waals surface area (Å²) in [4.78, 5) is 13.9. The van der Waals surface area contributed by atoms with Crippen LogP contribution in [0.2, 0.25) is 0 Å². The molecule has 1 N–H and O–H groups in total. The predicted molar refractivity (Wildman–Crippen MR) is 103 cm³/mol. The first-order valence-corrected chi connectivity index (χ1v) is 9.45. The number of likely N-dealkylation sites (tertiary alicyclic amines) is 1. The second kappa shape index (κ2) is 9.81. The Balaban J connectivity index is 0.00000151. The summed E-state index contributed by atoms with van der Waals surface area (Å²) in [5.41, 5.74) is 1.96. The Labute approximate surface area is 153 Å². The fraction of sp³-hybridized carbons (Fsp3) is 0.667. The largest absolute Gasteiger partial charge is 0.444 e. The van der Waals surface area contributed by atoms with E-state index in [-0.39, 0.29) is 18.6 Å². The molecule has 0 radical (unpaired) electrons. The molecule has 1 atom stereocenters. The minimum atomic E-state index is -0.455. The van der Waals surface area contributed by atoms with Gasteiger partial charge in [0.2, 0.25) is 0 Å². The smallest absolute Gasteiger partial charge is 0.410 e. The van der Waals surface area contributed by atoms with E-state index >= 15 is 0 Å². The molecule has 0 saturated carbocycles. The highest BCUT2D eigenvalue weighted by Crippen LogP contribution is 2.33. The molecule has 0 aromatic heterocycles. The lowest BCUT2D eigenvalue weighted by molar-refractivity contribution is 0.0165. The summed E-state index contributed by atoms with van der Waals surface area (Å²) < 4.78 is 5.43. The van der Waals surface area contributed by atoms with Gasteiger partial charge in [0.1, 0.15) is 5.60 Å². The molecule has 142 valence electrons. The molecule has 0 aliphatic carbocycles. The molecule has 1 fully saturated rings. The topological polar surface area (TPSA) is 49.8 Å². The van der Waals surface area contributed by atoms with Gasteiger partial charge in [-0.05, 0) is 52.0 Å². The zero-order valence-corrected chi connectivity index (χ0v) is 16.7. The fourth-order valence-corrected chi connectivity index (χ4v) is 3.15. The lowest BCUT2D eigenvalue weighted by atomic mass is 9.80. The molecule has 4 nitrogen and oxygen atoms in total. The Kier molecular flexibility index (Phi) is 8.43. The predicted octanol–water partition coefficient (Wildman–Crippen LogP) is 4.74. The first-order chi connectivity index (χ1) is 11.8. The first-order valence-electron chi connectivity index (χ1n) is 9.45. The molecule has 4 heteroatoms. The molecule has 1 unspecified atom stereocenters. The SMILES string of the molecule is CC.Cc1ccc(C(CO)C2CCN(C(=O)OC(C)(C)C)CC2)cc1. The van der Waals surface area contributed by atoms with E-state index in [1.807, 2.05) is 34.6 Å².